The zero-order valence-electron chi connectivity index (χ0n) is 14.3. The van der Waals surface area contributed by atoms with E-state index in [9.17, 15) is 14.4 Å². The second-order valence-electron chi connectivity index (χ2n) is 7.17. The lowest BCUT2D eigenvalue weighted by atomic mass is 10.00. The Balaban J connectivity index is 1.44. The summed E-state index contributed by atoms with van der Waals surface area (Å²) in [7, 11) is 0. The third-order valence-electron chi connectivity index (χ3n) is 5.27. The third-order valence-corrected chi connectivity index (χ3v) is 5.27. The van der Waals surface area contributed by atoms with Gasteiger partial charge in [-0.2, -0.15) is 0 Å². The van der Waals surface area contributed by atoms with Crippen LogP contribution in [-0.4, -0.2) is 53.7 Å². The number of nitrogens with zero attached hydrogens (tertiary/aromatic N) is 2. The molecule has 1 saturated carbocycles. The Labute approximate surface area is 147 Å². The van der Waals surface area contributed by atoms with Crippen LogP contribution in [0.1, 0.15) is 41.6 Å². The maximum absolute atomic E-state index is 12.9. The second-order valence-corrected chi connectivity index (χ2v) is 7.17. The second kappa shape index (κ2) is 6.50. The fraction of sp³-hybridized carbons (Fsp3) is 0.526. The van der Waals surface area contributed by atoms with Gasteiger partial charge in [0.25, 0.3) is 5.91 Å². The standard InChI is InChI=1S/C19H23N3O3/c23-17-7-5-14-12-15(4-6-16(14)20-17)19(25)22-9-1-8-21(10-11-22)18(24)13-2-3-13/h4,6,12-13H,1-3,5,7-11H2,(H,20,23). The average molecular weight is 341 g/mol. The van der Waals surface area contributed by atoms with E-state index in [2.05, 4.69) is 5.32 Å². The van der Waals surface area contributed by atoms with Crippen molar-refractivity contribution in [1.82, 2.24) is 9.80 Å². The van der Waals surface area contributed by atoms with Gasteiger partial charge in [-0.05, 0) is 49.4 Å². The fourth-order valence-corrected chi connectivity index (χ4v) is 3.63. The summed E-state index contributed by atoms with van der Waals surface area (Å²) in [5.41, 5.74) is 2.49. The average Bonchev–Trinajstić information content (AvgIpc) is 3.46. The highest BCUT2D eigenvalue weighted by molar-refractivity contribution is 5.98. The molecule has 0 atom stereocenters. The maximum Gasteiger partial charge on any atom is 0.253 e. The van der Waals surface area contributed by atoms with E-state index in [1.54, 1.807) is 6.07 Å². The first-order valence-electron chi connectivity index (χ1n) is 9.12. The van der Waals surface area contributed by atoms with Crippen molar-refractivity contribution in [2.24, 2.45) is 5.92 Å². The van der Waals surface area contributed by atoms with Crippen LogP contribution in [0.4, 0.5) is 5.69 Å². The van der Waals surface area contributed by atoms with E-state index in [0.29, 0.717) is 38.0 Å². The summed E-state index contributed by atoms with van der Waals surface area (Å²) >= 11 is 0. The van der Waals surface area contributed by atoms with Crippen molar-refractivity contribution in [2.75, 3.05) is 31.5 Å². The van der Waals surface area contributed by atoms with Gasteiger partial charge in [0.1, 0.15) is 0 Å². The number of anilines is 1. The van der Waals surface area contributed by atoms with E-state index in [1.807, 2.05) is 21.9 Å². The van der Waals surface area contributed by atoms with E-state index in [4.69, 9.17) is 0 Å². The normalized spacial score (nSPS) is 20.6. The highest BCUT2D eigenvalue weighted by atomic mass is 16.2. The topological polar surface area (TPSA) is 69.7 Å². The van der Waals surface area contributed by atoms with Gasteiger partial charge in [0.2, 0.25) is 11.8 Å². The molecule has 2 fully saturated rings. The van der Waals surface area contributed by atoms with Crippen molar-refractivity contribution in [3.05, 3.63) is 29.3 Å². The Kier molecular flexibility index (Phi) is 4.19. The van der Waals surface area contributed by atoms with Crippen LogP contribution in [-0.2, 0) is 16.0 Å². The molecule has 0 unspecified atom stereocenters. The summed E-state index contributed by atoms with van der Waals surface area (Å²) < 4.78 is 0. The fourth-order valence-electron chi connectivity index (χ4n) is 3.63. The van der Waals surface area contributed by atoms with Gasteiger partial charge >= 0.3 is 0 Å². The minimum atomic E-state index is 0.0143. The highest BCUT2D eigenvalue weighted by Gasteiger charge is 2.34. The zero-order valence-corrected chi connectivity index (χ0v) is 14.3. The minimum absolute atomic E-state index is 0.0143. The van der Waals surface area contributed by atoms with Gasteiger partial charge in [-0.25, -0.2) is 0 Å². The predicted molar refractivity (Wildman–Crippen MR) is 93.2 cm³/mol. The molecule has 0 bridgehead atoms. The molecule has 3 aliphatic rings. The van der Waals surface area contributed by atoms with Gasteiger partial charge in [-0.1, -0.05) is 0 Å². The molecule has 2 aliphatic heterocycles. The number of amides is 3. The molecule has 1 aromatic rings. The van der Waals surface area contributed by atoms with Gasteiger partial charge in [-0.15, -0.1) is 0 Å². The summed E-state index contributed by atoms with van der Waals surface area (Å²) in [4.78, 5) is 40.3. The highest BCUT2D eigenvalue weighted by Crippen LogP contribution is 2.31. The minimum Gasteiger partial charge on any atom is -0.341 e. The van der Waals surface area contributed by atoms with Crippen LogP contribution in [0.3, 0.4) is 0 Å². The van der Waals surface area contributed by atoms with Crippen molar-refractivity contribution in [3.8, 4) is 0 Å². The molecule has 132 valence electrons. The summed E-state index contributed by atoms with van der Waals surface area (Å²) in [5, 5.41) is 2.84. The monoisotopic (exact) mass is 341 g/mol. The van der Waals surface area contributed by atoms with Crippen LogP contribution in [0.2, 0.25) is 0 Å². The largest absolute Gasteiger partial charge is 0.341 e. The lowest BCUT2D eigenvalue weighted by molar-refractivity contribution is -0.132. The number of carbonyl (C=O) groups excluding carboxylic acids is 3. The van der Waals surface area contributed by atoms with Gasteiger partial charge < -0.3 is 15.1 Å². The van der Waals surface area contributed by atoms with Crippen molar-refractivity contribution in [1.29, 1.82) is 0 Å². The van der Waals surface area contributed by atoms with Crippen LogP contribution in [0.25, 0.3) is 0 Å². The van der Waals surface area contributed by atoms with E-state index in [-0.39, 0.29) is 23.6 Å². The SMILES string of the molecule is O=C1CCc2cc(C(=O)N3CCCN(C(=O)C4CC4)CC3)ccc2N1. The van der Waals surface area contributed by atoms with E-state index in [0.717, 1.165) is 37.1 Å². The zero-order chi connectivity index (χ0) is 17.4. The molecular formula is C19H23N3O3. The molecule has 1 aliphatic carbocycles. The van der Waals surface area contributed by atoms with Crippen molar-refractivity contribution in [2.45, 2.75) is 32.1 Å². The van der Waals surface area contributed by atoms with Crippen LogP contribution < -0.4 is 5.32 Å². The molecule has 25 heavy (non-hydrogen) atoms. The van der Waals surface area contributed by atoms with Gasteiger partial charge in [-0.3, -0.25) is 14.4 Å². The van der Waals surface area contributed by atoms with Crippen LogP contribution >= 0.6 is 0 Å². The molecule has 1 N–H and O–H groups in total. The molecule has 0 spiro atoms. The molecule has 2 heterocycles. The Bertz CT molecular complexity index is 727. The van der Waals surface area contributed by atoms with Crippen molar-refractivity contribution in [3.63, 3.8) is 0 Å². The molecule has 0 radical (unpaired) electrons. The molecule has 1 aromatic carbocycles. The van der Waals surface area contributed by atoms with Gasteiger partial charge in [0.05, 0.1) is 0 Å². The number of carbonyl (C=O) groups is 3. The third kappa shape index (κ3) is 3.38. The molecule has 6 heteroatoms. The molecule has 0 aromatic heterocycles. The molecule has 1 saturated heterocycles. The Morgan fingerprint density at radius 3 is 2.56 bits per heavy atom. The Morgan fingerprint density at radius 2 is 1.76 bits per heavy atom. The van der Waals surface area contributed by atoms with Crippen molar-refractivity contribution < 1.29 is 14.4 Å². The number of rotatable bonds is 2. The van der Waals surface area contributed by atoms with Gasteiger partial charge in [0, 0.05) is 49.8 Å². The summed E-state index contributed by atoms with van der Waals surface area (Å²) in [6, 6.07) is 5.50. The van der Waals surface area contributed by atoms with Crippen LogP contribution in [0, 0.1) is 5.92 Å². The number of aryl methyl sites for hydroxylation is 1. The summed E-state index contributed by atoms with van der Waals surface area (Å²) in [6.45, 7) is 2.64. The number of nitrogens with one attached hydrogen (secondary N) is 1. The van der Waals surface area contributed by atoms with E-state index >= 15 is 0 Å². The Morgan fingerprint density at radius 1 is 1.00 bits per heavy atom. The van der Waals surface area contributed by atoms with Crippen LogP contribution in [0.5, 0.6) is 0 Å². The smallest absolute Gasteiger partial charge is 0.253 e. The van der Waals surface area contributed by atoms with E-state index < -0.39 is 0 Å². The summed E-state index contributed by atoms with van der Waals surface area (Å²) in [6.07, 6.45) is 4.00. The number of fused-ring (bicyclic) bond motifs is 1. The quantitative estimate of drug-likeness (QED) is 0.889. The lowest BCUT2D eigenvalue weighted by Gasteiger charge is -2.23. The van der Waals surface area contributed by atoms with Crippen LogP contribution in [0.15, 0.2) is 18.2 Å². The molecule has 3 amide bonds. The van der Waals surface area contributed by atoms with Crippen molar-refractivity contribution >= 4 is 23.4 Å². The van der Waals surface area contributed by atoms with E-state index in [1.165, 1.54) is 0 Å². The summed E-state index contributed by atoms with van der Waals surface area (Å²) in [5.74, 6) is 0.539. The first-order chi connectivity index (χ1) is 12.1. The predicted octanol–water partition coefficient (Wildman–Crippen LogP) is 1.66. The first kappa shape index (κ1) is 16.1. The molecule has 6 nitrogen and oxygen atoms in total. The number of hydrogen-bond acceptors (Lipinski definition) is 3. The molecular weight excluding hydrogens is 318 g/mol. The number of hydrogen-bond donors (Lipinski definition) is 1. The number of benzene rings is 1. The Hall–Kier alpha value is -2.37. The lowest BCUT2D eigenvalue weighted by Crippen LogP contribution is -2.38. The maximum atomic E-state index is 12.9. The molecule has 4 rings (SSSR count). The first-order valence-corrected chi connectivity index (χ1v) is 9.12. The van der Waals surface area contributed by atoms with Gasteiger partial charge in [0.15, 0.2) is 0 Å².